The summed E-state index contributed by atoms with van der Waals surface area (Å²) in [7, 11) is 0. The van der Waals surface area contributed by atoms with Crippen LogP contribution in [-0.4, -0.2) is 10.2 Å². The van der Waals surface area contributed by atoms with Crippen molar-refractivity contribution in [3.05, 3.63) is 28.9 Å². The van der Waals surface area contributed by atoms with Crippen LogP contribution in [0.15, 0.2) is 12.1 Å². The Balaban J connectivity index is 2.93. The summed E-state index contributed by atoms with van der Waals surface area (Å²) in [6, 6.07) is 1.88. The molecule has 1 N–H and O–H groups in total. The van der Waals surface area contributed by atoms with Crippen molar-refractivity contribution in [2.75, 3.05) is 0 Å². The van der Waals surface area contributed by atoms with Crippen LogP contribution in [0.4, 0.5) is 8.78 Å². The van der Waals surface area contributed by atoms with Gasteiger partial charge in [-0.3, -0.25) is 5.10 Å². The van der Waals surface area contributed by atoms with Crippen molar-refractivity contribution in [1.82, 2.24) is 10.2 Å². The van der Waals surface area contributed by atoms with Crippen LogP contribution in [0, 0.1) is 11.6 Å². The van der Waals surface area contributed by atoms with Gasteiger partial charge in [0.25, 0.3) is 0 Å². The number of fused-ring (bicyclic) bond motifs is 1. The number of hydrogen-bond donors (Lipinski definition) is 1. The lowest BCUT2D eigenvalue weighted by atomic mass is 10.2. The molecular weight excluding hydrogens is 186 g/mol. The highest BCUT2D eigenvalue weighted by Crippen LogP contribution is 2.23. The summed E-state index contributed by atoms with van der Waals surface area (Å²) in [5.41, 5.74) is 0.192. The highest BCUT2D eigenvalue weighted by Gasteiger charge is 2.09. The van der Waals surface area contributed by atoms with Gasteiger partial charge in [-0.15, -0.1) is 0 Å². The zero-order chi connectivity index (χ0) is 8.72. The maximum Gasteiger partial charge on any atom is 0.138 e. The Labute approximate surface area is 71.1 Å². The van der Waals surface area contributed by atoms with Gasteiger partial charge in [0, 0.05) is 12.1 Å². The van der Waals surface area contributed by atoms with E-state index in [0.717, 1.165) is 12.1 Å². The first-order valence-electron chi connectivity index (χ1n) is 3.17. The molecule has 62 valence electrons. The number of rotatable bonds is 0. The van der Waals surface area contributed by atoms with Crippen molar-refractivity contribution in [3.8, 4) is 0 Å². The Hall–Kier alpha value is -1.16. The summed E-state index contributed by atoms with van der Waals surface area (Å²) >= 11 is 5.55. The Kier molecular flexibility index (Phi) is 1.51. The van der Waals surface area contributed by atoms with E-state index in [4.69, 9.17) is 11.6 Å². The lowest BCUT2D eigenvalue weighted by Crippen LogP contribution is -1.80. The van der Waals surface area contributed by atoms with E-state index in [2.05, 4.69) is 10.2 Å². The van der Waals surface area contributed by atoms with Crippen LogP contribution >= 0.6 is 11.6 Å². The van der Waals surface area contributed by atoms with Gasteiger partial charge in [-0.2, -0.15) is 5.10 Å². The molecule has 0 amide bonds. The van der Waals surface area contributed by atoms with Gasteiger partial charge >= 0.3 is 0 Å². The molecule has 1 aromatic carbocycles. The van der Waals surface area contributed by atoms with Crippen LogP contribution < -0.4 is 0 Å². The number of hydrogen-bond acceptors (Lipinski definition) is 1. The van der Waals surface area contributed by atoms with Crippen molar-refractivity contribution >= 4 is 22.5 Å². The first kappa shape index (κ1) is 7.49. The lowest BCUT2D eigenvalue weighted by Gasteiger charge is -1.91. The van der Waals surface area contributed by atoms with Crippen LogP contribution in [0.5, 0.6) is 0 Å². The van der Waals surface area contributed by atoms with Gasteiger partial charge in [0.15, 0.2) is 0 Å². The summed E-state index contributed by atoms with van der Waals surface area (Å²) in [4.78, 5) is 0. The van der Waals surface area contributed by atoms with Crippen LogP contribution in [0.2, 0.25) is 5.15 Å². The minimum absolute atomic E-state index is 0.0856. The van der Waals surface area contributed by atoms with Crippen molar-refractivity contribution in [1.29, 1.82) is 0 Å². The minimum atomic E-state index is -0.705. The van der Waals surface area contributed by atoms with Gasteiger partial charge in [0.05, 0.1) is 10.9 Å². The monoisotopic (exact) mass is 188 g/mol. The van der Waals surface area contributed by atoms with Crippen LogP contribution in [0.1, 0.15) is 0 Å². The first-order chi connectivity index (χ1) is 5.68. The third-order valence-corrected chi connectivity index (χ3v) is 1.80. The van der Waals surface area contributed by atoms with Gasteiger partial charge in [-0.05, 0) is 0 Å². The normalized spacial score (nSPS) is 10.9. The number of halogens is 3. The van der Waals surface area contributed by atoms with E-state index in [1.165, 1.54) is 0 Å². The van der Waals surface area contributed by atoms with Crippen LogP contribution in [0.3, 0.4) is 0 Å². The predicted molar refractivity (Wildman–Crippen MR) is 41.0 cm³/mol. The number of H-pyrrole nitrogens is 1. The molecule has 0 atom stereocenters. The average Bonchev–Trinajstić information content (AvgIpc) is 2.31. The van der Waals surface area contributed by atoms with E-state index < -0.39 is 11.6 Å². The Morgan fingerprint density at radius 1 is 1.33 bits per heavy atom. The fourth-order valence-electron chi connectivity index (χ4n) is 1.03. The fourth-order valence-corrected chi connectivity index (χ4v) is 1.26. The summed E-state index contributed by atoms with van der Waals surface area (Å²) in [5.74, 6) is -1.37. The van der Waals surface area contributed by atoms with E-state index in [1.54, 1.807) is 0 Å². The van der Waals surface area contributed by atoms with Crippen molar-refractivity contribution in [3.63, 3.8) is 0 Å². The first-order valence-corrected chi connectivity index (χ1v) is 3.55. The van der Waals surface area contributed by atoms with E-state index in [0.29, 0.717) is 0 Å². The SMILES string of the molecule is Fc1cc(F)c2c(Cl)[nH]nc2c1. The number of nitrogens with zero attached hydrogens (tertiary/aromatic N) is 1. The molecule has 0 radical (unpaired) electrons. The van der Waals surface area contributed by atoms with E-state index >= 15 is 0 Å². The molecule has 2 rings (SSSR count). The van der Waals surface area contributed by atoms with Gasteiger partial charge in [0.1, 0.15) is 16.8 Å². The molecule has 1 aromatic heterocycles. The van der Waals surface area contributed by atoms with E-state index in [9.17, 15) is 8.78 Å². The molecular formula is C7H3ClF2N2. The molecule has 0 unspecified atom stereocenters. The van der Waals surface area contributed by atoms with E-state index in [-0.39, 0.29) is 16.1 Å². The number of nitrogens with one attached hydrogen (secondary N) is 1. The summed E-state index contributed by atoms with van der Waals surface area (Å²) in [5, 5.41) is 6.17. The predicted octanol–water partition coefficient (Wildman–Crippen LogP) is 2.49. The molecule has 0 aliphatic rings. The third kappa shape index (κ3) is 0.956. The maximum atomic E-state index is 13.0. The zero-order valence-corrected chi connectivity index (χ0v) is 6.49. The van der Waals surface area contributed by atoms with Crippen molar-refractivity contribution < 1.29 is 8.78 Å². The standard InChI is InChI=1S/C7H3ClF2N2/c8-7-6-4(10)1-3(9)2-5(6)11-12-7/h1-2H,(H,11,12). The fraction of sp³-hybridized carbons (Fsp3) is 0. The molecule has 0 saturated heterocycles. The maximum absolute atomic E-state index is 13.0. The molecule has 0 aliphatic heterocycles. The van der Waals surface area contributed by atoms with Gasteiger partial charge in [-0.25, -0.2) is 8.78 Å². The van der Waals surface area contributed by atoms with Crippen molar-refractivity contribution in [2.45, 2.75) is 0 Å². The number of aromatic nitrogens is 2. The number of benzene rings is 1. The van der Waals surface area contributed by atoms with Crippen molar-refractivity contribution in [2.24, 2.45) is 0 Å². The largest absolute Gasteiger partial charge is 0.266 e. The smallest absolute Gasteiger partial charge is 0.138 e. The molecule has 5 heteroatoms. The summed E-state index contributed by atoms with van der Waals surface area (Å²) in [6.07, 6.45) is 0. The molecule has 1 heterocycles. The van der Waals surface area contributed by atoms with Gasteiger partial charge in [-0.1, -0.05) is 11.6 Å². The summed E-state index contributed by atoms with van der Waals surface area (Å²) in [6.45, 7) is 0. The highest BCUT2D eigenvalue weighted by molar-refractivity contribution is 6.34. The van der Waals surface area contributed by atoms with Gasteiger partial charge in [0.2, 0.25) is 0 Å². The Morgan fingerprint density at radius 2 is 2.08 bits per heavy atom. The molecule has 0 aliphatic carbocycles. The minimum Gasteiger partial charge on any atom is -0.266 e. The molecule has 0 bridgehead atoms. The molecule has 0 spiro atoms. The second kappa shape index (κ2) is 2.42. The Bertz CT molecular complexity index is 438. The molecule has 0 fully saturated rings. The van der Waals surface area contributed by atoms with Crippen LogP contribution in [-0.2, 0) is 0 Å². The van der Waals surface area contributed by atoms with E-state index in [1.807, 2.05) is 0 Å². The highest BCUT2D eigenvalue weighted by atomic mass is 35.5. The lowest BCUT2D eigenvalue weighted by molar-refractivity contribution is 0.592. The summed E-state index contributed by atoms with van der Waals surface area (Å²) < 4.78 is 25.5. The second-order valence-corrected chi connectivity index (χ2v) is 2.70. The second-order valence-electron chi connectivity index (χ2n) is 2.32. The quantitative estimate of drug-likeness (QED) is 0.676. The van der Waals surface area contributed by atoms with Crippen LogP contribution in [0.25, 0.3) is 10.9 Å². The molecule has 12 heavy (non-hydrogen) atoms. The molecule has 2 nitrogen and oxygen atoms in total. The molecule has 0 saturated carbocycles. The Morgan fingerprint density at radius 3 is 2.83 bits per heavy atom. The zero-order valence-electron chi connectivity index (χ0n) is 5.74. The number of aromatic amines is 1. The average molecular weight is 189 g/mol. The topological polar surface area (TPSA) is 28.7 Å². The van der Waals surface area contributed by atoms with Gasteiger partial charge < -0.3 is 0 Å². The third-order valence-electron chi connectivity index (χ3n) is 1.53. The molecule has 2 aromatic rings.